The number of aromatic nitrogens is 4. The standard InChI is InChI=1S/C18H26N8O.C2HF3O2/c1-2-5-20-17(27)14-11-15(22-16-10-13(24-25-16)12-3-4-12)23-18(21-14)26-8-6-19-7-9-26;3-2(4,5)1(6)7/h10-12,19H,2-9H2,1H3,(H,20,27)(H2,21,22,23,24,25);(H,6,7). The van der Waals surface area contributed by atoms with E-state index in [0.717, 1.165) is 38.3 Å². The summed E-state index contributed by atoms with van der Waals surface area (Å²) in [5, 5.41) is 23.9. The molecule has 2 aromatic heterocycles. The van der Waals surface area contributed by atoms with Crippen LogP contribution in [0.2, 0.25) is 0 Å². The van der Waals surface area contributed by atoms with Crippen molar-refractivity contribution in [3.63, 3.8) is 0 Å². The van der Waals surface area contributed by atoms with Crippen LogP contribution in [0.25, 0.3) is 0 Å². The van der Waals surface area contributed by atoms with E-state index in [1.54, 1.807) is 6.07 Å². The molecule has 1 aliphatic carbocycles. The lowest BCUT2D eigenvalue weighted by Crippen LogP contribution is -2.44. The van der Waals surface area contributed by atoms with Crippen LogP contribution < -0.4 is 20.9 Å². The Balaban J connectivity index is 0.000000406. The smallest absolute Gasteiger partial charge is 0.475 e. The highest BCUT2D eigenvalue weighted by molar-refractivity contribution is 5.93. The predicted molar refractivity (Wildman–Crippen MR) is 117 cm³/mol. The number of alkyl halides is 3. The topological polar surface area (TPSA) is 148 Å². The second kappa shape index (κ2) is 11.1. The van der Waals surface area contributed by atoms with E-state index >= 15 is 0 Å². The highest BCUT2D eigenvalue weighted by Gasteiger charge is 2.38. The van der Waals surface area contributed by atoms with Gasteiger partial charge in [-0.2, -0.15) is 23.3 Å². The van der Waals surface area contributed by atoms with E-state index in [4.69, 9.17) is 9.90 Å². The Morgan fingerprint density at radius 2 is 1.85 bits per heavy atom. The Bertz CT molecular complexity index is 988. The molecule has 1 amide bonds. The number of carboxylic acid groups (broad SMARTS) is 1. The van der Waals surface area contributed by atoms with Gasteiger partial charge in [-0.15, -0.1) is 0 Å². The molecule has 4 rings (SSSR count). The number of halogens is 3. The normalized spacial score (nSPS) is 15.8. The van der Waals surface area contributed by atoms with Gasteiger partial charge in [0.15, 0.2) is 5.82 Å². The van der Waals surface area contributed by atoms with Gasteiger partial charge in [0.1, 0.15) is 11.5 Å². The van der Waals surface area contributed by atoms with Crippen molar-refractivity contribution >= 4 is 29.5 Å². The highest BCUT2D eigenvalue weighted by Crippen LogP contribution is 2.39. The van der Waals surface area contributed by atoms with E-state index in [1.807, 2.05) is 13.0 Å². The number of hydrogen-bond donors (Lipinski definition) is 5. The molecule has 0 bridgehead atoms. The summed E-state index contributed by atoms with van der Waals surface area (Å²) in [4.78, 5) is 32.6. The lowest BCUT2D eigenvalue weighted by atomic mass is 10.3. The van der Waals surface area contributed by atoms with Gasteiger partial charge in [0, 0.05) is 56.5 Å². The minimum Gasteiger partial charge on any atom is -0.475 e. The molecular formula is C20H27F3N8O3. The fraction of sp³-hybridized carbons (Fsp3) is 0.550. The zero-order chi connectivity index (χ0) is 24.7. The first-order chi connectivity index (χ1) is 16.2. The van der Waals surface area contributed by atoms with E-state index in [0.29, 0.717) is 35.7 Å². The average Bonchev–Trinajstić information content (AvgIpc) is 3.56. The van der Waals surface area contributed by atoms with Crippen LogP contribution in [-0.2, 0) is 4.79 Å². The molecule has 0 unspecified atom stereocenters. The minimum atomic E-state index is -5.08. The zero-order valence-electron chi connectivity index (χ0n) is 18.6. The van der Waals surface area contributed by atoms with E-state index in [1.165, 1.54) is 12.8 Å². The monoisotopic (exact) mass is 484 g/mol. The maximum atomic E-state index is 12.5. The predicted octanol–water partition coefficient (Wildman–Crippen LogP) is 2.00. The third kappa shape index (κ3) is 7.30. The first-order valence-corrected chi connectivity index (χ1v) is 10.9. The molecule has 1 saturated heterocycles. The van der Waals surface area contributed by atoms with E-state index in [2.05, 4.69) is 41.0 Å². The number of carboxylic acids is 1. The molecule has 2 aliphatic rings. The van der Waals surface area contributed by atoms with Crippen molar-refractivity contribution in [2.24, 2.45) is 0 Å². The molecule has 186 valence electrons. The molecule has 5 N–H and O–H groups in total. The Kier molecular flexibility index (Phi) is 8.26. The zero-order valence-corrected chi connectivity index (χ0v) is 18.6. The Morgan fingerprint density at radius 3 is 2.44 bits per heavy atom. The van der Waals surface area contributed by atoms with E-state index in [-0.39, 0.29) is 5.91 Å². The van der Waals surface area contributed by atoms with Crippen LogP contribution in [0.15, 0.2) is 12.1 Å². The molecule has 0 aromatic carbocycles. The van der Waals surface area contributed by atoms with E-state index < -0.39 is 12.1 Å². The molecule has 2 aromatic rings. The van der Waals surface area contributed by atoms with Crippen LogP contribution in [0.1, 0.15) is 48.3 Å². The lowest BCUT2D eigenvalue weighted by molar-refractivity contribution is -0.192. The number of amides is 1. The third-order valence-corrected chi connectivity index (χ3v) is 5.00. The summed E-state index contributed by atoms with van der Waals surface area (Å²) in [7, 11) is 0. The highest BCUT2D eigenvalue weighted by atomic mass is 19.4. The van der Waals surface area contributed by atoms with Crippen LogP contribution in [0, 0.1) is 0 Å². The van der Waals surface area contributed by atoms with Gasteiger partial charge in [-0.1, -0.05) is 6.92 Å². The Morgan fingerprint density at radius 1 is 1.18 bits per heavy atom. The fourth-order valence-electron chi connectivity index (χ4n) is 3.09. The van der Waals surface area contributed by atoms with Crippen molar-refractivity contribution in [3.05, 3.63) is 23.5 Å². The van der Waals surface area contributed by atoms with Crippen molar-refractivity contribution in [2.45, 2.75) is 38.3 Å². The third-order valence-electron chi connectivity index (χ3n) is 5.00. The van der Waals surface area contributed by atoms with Gasteiger partial charge < -0.3 is 26.0 Å². The summed E-state index contributed by atoms with van der Waals surface area (Å²) < 4.78 is 31.7. The summed E-state index contributed by atoms with van der Waals surface area (Å²) in [6.45, 7) is 6.03. The van der Waals surface area contributed by atoms with Gasteiger partial charge in [-0.05, 0) is 19.3 Å². The van der Waals surface area contributed by atoms with Crippen LogP contribution in [-0.4, -0.2) is 76.0 Å². The molecular weight excluding hydrogens is 457 g/mol. The first-order valence-electron chi connectivity index (χ1n) is 10.9. The number of anilines is 3. The number of aliphatic carboxylic acids is 1. The lowest BCUT2D eigenvalue weighted by Gasteiger charge is -2.27. The summed E-state index contributed by atoms with van der Waals surface area (Å²) in [6, 6.07) is 3.70. The van der Waals surface area contributed by atoms with Crippen molar-refractivity contribution in [1.82, 2.24) is 30.8 Å². The summed E-state index contributed by atoms with van der Waals surface area (Å²) in [5.41, 5.74) is 1.52. The van der Waals surface area contributed by atoms with Crippen LogP contribution in [0.5, 0.6) is 0 Å². The molecule has 0 radical (unpaired) electrons. The summed E-state index contributed by atoms with van der Waals surface area (Å²) in [6.07, 6.45) is -1.78. The van der Waals surface area contributed by atoms with Crippen molar-refractivity contribution in [1.29, 1.82) is 0 Å². The number of carbonyl (C=O) groups is 2. The maximum absolute atomic E-state index is 12.5. The number of H-pyrrole nitrogens is 1. The van der Waals surface area contributed by atoms with Gasteiger partial charge in [-0.3, -0.25) is 9.89 Å². The number of aromatic amines is 1. The molecule has 14 heteroatoms. The van der Waals surface area contributed by atoms with Crippen molar-refractivity contribution in [2.75, 3.05) is 42.9 Å². The summed E-state index contributed by atoms with van der Waals surface area (Å²) >= 11 is 0. The number of rotatable bonds is 7. The SMILES string of the molecule is CCCNC(=O)c1cc(Nc2cc(C3CC3)[nH]n2)nc(N2CCNCC2)n1.O=C(O)C(F)(F)F. The van der Waals surface area contributed by atoms with Crippen LogP contribution >= 0.6 is 0 Å². The van der Waals surface area contributed by atoms with Crippen molar-refractivity contribution in [3.8, 4) is 0 Å². The Labute approximate surface area is 193 Å². The molecule has 11 nitrogen and oxygen atoms in total. The largest absolute Gasteiger partial charge is 0.490 e. The molecule has 2 fully saturated rings. The van der Waals surface area contributed by atoms with Crippen LogP contribution in [0.3, 0.4) is 0 Å². The van der Waals surface area contributed by atoms with Gasteiger partial charge in [-0.25, -0.2) is 9.78 Å². The summed E-state index contributed by atoms with van der Waals surface area (Å²) in [5.74, 6) is -0.478. The number of hydrogen-bond acceptors (Lipinski definition) is 8. The van der Waals surface area contributed by atoms with Gasteiger partial charge in [0.2, 0.25) is 5.95 Å². The fourth-order valence-corrected chi connectivity index (χ4v) is 3.09. The molecule has 0 spiro atoms. The quantitative estimate of drug-likeness (QED) is 0.398. The second-order valence-corrected chi connectivity index (χ2v) is 7.84. The minimum absolute atomic E-state index is 0.181. The van der Waals surface area contributed by atoms with Crippen LogP contribution in [0.4, 0.5) is 30.8 Å². The second-order valence-electron chi connectivity index (χ2n) is 7.84. The van der Waals surface area contributed by atoms with Gasteiger partial charge in [0.25, 0.3) is 5.91 Å². The molecule has 3 heterocycles. The first kappa shape index (κ1) is 25.2. The molecule has 34 heavy (non-hydrogen) atoms. The molecule has 1 saturated carbocycles. The number of nitrogens with one attached hydrogen (secondary N) is 4. The van der Waals surface area contributed by atoms with E-state index in [9.17, 15) is 18.0 Å². The number of carbonyl (C=O) groups excluding carboxylic acids is 1. The number of piperazine rings is 1. The average molecular weight is 484 g/mol. The molecule has 0 atom stereocenters. The number of nitrogens with zero attached hydrogens (tertiary/aromatic N) is 4. The maximum Gasteiger partial charge on any atom is 0.490 e. The molecule has 1 aliphatic heterocycles. The van der Waals surface area contributed by atoms with Gasteiger partial charge >= 0.3 is 12.1 Å². The Hall–Kier alpha value is -3.42. The van der Waals surface area contributed by atoms with Gasteiger partial charge in [0.05, 0.1) is 0 Å². The van der Waals surface area contributed by atoms with Crippen molar-refractivity contribution < 1.29 is 27.9 Å².